The standard InChI is InChI=1S/C22H23N5O/c28-22(16-3-4-16)26-21-9-17-8-19(12-24-20(17)13-25-21)18-7-15(10-23-11-18)14-27-5-1-2-6-27/h7-13,16H,1-6,14H2,(H,25,26,28). The predicted molar refractivity (Wildman–Crippen MR) is 109 cm³/mol. The molecule has 0 spiro atoms. The number of nitrogens with one attached hydrogen (secondary N) is 1. The van der Waals surface area contributed by atoms with E-state index < -0.39 is 0 Å². The lowest BCUT2D eigenvalue weighted by Crippen LogP contribution is -2.18. The van der Waals surface area contributed by atoms with Gasteiger partial charge in [-0.1, -0.05) is 0 Å². The van der Waals surface area contributed by atoms with Crippen LogP contribution in [-0.2, 0) is 11.3 Å². The molecule has 2 fully saturated rings. The fourth-order valence-electron chi connectivity index (χ4n) is 3.76. The number of rotatable bonds is 5. The molecule has 6 heteroatoms. The highest BCUT2D eigenvalue weighted by Crippen LogP contribution is 2.30. The lowest BCUT2D eigenvalue weighted by molar-refractivity contribution is -0.117. The number of hydrogen-bond acceptors (Lipinski definition) is 5. The van der Waals surface area contributed by atoms with Crippen LogP contribution in [-0.4, -0.2) is 38.8 Å². The topological polar surface area (TPSA) is 71.0 Å². The molecule has 0 radical (unpaired) electrons. The minimum absolute atomic E-state index is 0.0646. The van der Waals surface area contributed by atoms with Crippen molar-refractivity contribution in [3.63, 3.8) is 0 Å². The molecule has 1 amide bonds. The zero-order chi connectivity index (χ0) is 18.9. The molecule has 142 valence electrons. The van der Waals surface area contributed by atoms with Gasteiger partial charge in [-0.2, -0.15) is 0 Å². The Balaban J connectivity index is 1.41. The Kier molecular flexibility index (Phi) is 4.49. The number of fused-ring (bicyclic) bond motifs is 1. The van der Waals surface area contributed by atoms with Gasteiger partial charge < -0.3 is 5.32 Å². The largest absolute Gasteiger partial charge is 0.310 e. The van der Waals surface area contributed by atoms with Gasteiger partial charge in [0.05, 0.1) is 11.7 Å². The molecule has 2 aliphatic rings. The molecule has 1 aliphatic carbocycles. The van der Waals surface area contributed by atoms with Crippen LogP contribution in [0.15, 0.2) is 43.0 Å². The van der Waals surface area contributed by atoms with Crippen LogP contribution in [0.25, 0.3) is 22.0 Å². The maximum Gasteiger partial charge on any atom is 0.228 e. The molecule has 0 aromatic carbocycles. The van der Waals surface area contributed by atoms with Gasteiger partial charge in [-0.05, 0) is 62.5 Å². The molecule has 3 aromatic rings. The molecule has 4 heterocycles. The summed E-state index contributed by atoms with van der Waals surface area (Å²) >= 11 is 0. The highest BCUT2D eigenvalue weighted by Gasteiger charge is 2.29. The monoisotopic (exact) mass is 373 g/mol. The van der Waals surface area contributed by atoms with Crippen LogP contribution in [0.1, 0.15) is 31.2 Å². The molecule has 1 saturated heterocycles. The van der Waals surface area contributed by atoms with Gasteiger partial charge in [0.15, 0.2) is 0 Å². The molecule has 0 unspecified atom stereocenters. The molecular formula is C22H23N5O. The second-order valence-corrected chi connectivity index (χ2v) is 7.81. The number of likely N-dealkylation sites (tertiary alicyclic amines) is 1. The summed E-state index contributed by atoms with van der Waals surface area (Å²) in [6.07, 6.45) is 11.9. The van der Waals surface area contributed by atoms with Gasteiger partial charge in [-0.25, -0.2) is 4.98 Å². The van der Waals surface area contributed by atoms with E-state index in [0.717, 1.165) is 41.4 Å². The second-order valence-electron chi connectivity index (χ2n) is 7.81. The van der Waals surface area contributed by atoms with Crippen LogP contribution in [0.3, 0.4) is 0 Å². The van der Waals surface area contributed by atoms with Gasteiger partial charge in [-0.15, -0.1) is 0 Å². The fourth-order valence-corrected chi connectivity index (χ4v) is 3.76. The van der Waals surface area contributed by atoms with Crippen LogP contribution in [0, 0.1) is 5.92 Å². The SMILES string of the molecule is O=C(Nc1cc2cc(-c3cncc(CN4CCCC4)c3)cnc2cn1)C1CC1. The molecule has 0 bridgehead atoms. The van der Waals surface area contributed by atoms with E-state index in [1.54, 1.807) is 6.20 Å². The first kappa shape index (κ1) is 17.3. The van der Waals surface area contributed by atoms with Crippen molar-refractivity contribution >= 4 is 22.6 Å². The van der Waals surface area contributed by atoms with Gasteiger partial charge in [-0.3, -0.25) is 19.7 Å². The van der Waals surface area contributed by atoms with E-state index in [4.69, 9.17) is 0 Å². The average Bonchev–Trinajstić information content (AvgIpc) is 3.45. The smallest absolute Gasteiger partial charge is 0.228 e. The lowest BCUT2D eigenvalue weighted by atomic mass is 10.1. The van der Waals surface area contributed by atoms with Crippen molar-refractivity contribution in [1.29, 1.82) is 0 Å². The summed E-state index contributed by atoms with van der Waals surface area (Å²) in [6.45, 7) is 3.29. The first-order chi connectivity index (χ1) is 13.7. The zero-order valence-corrected chi connectivity index (χ0v) is 15.8. The van der Waals surface area contributed by atoms with E-state index in [2.05, 4.69) is 37.3 Å². The number of anilines is 1. The van der Waals surface area contributed by atoms with E-state index >= 15 is 0 Å². The molecule has 28 heavy (non-hydrogen) atoms. The summed E-state index contributed by atoms with van der Waals surface area (Å²) < 4.78 is 0. The number of carbonyl (C=O) groups excluding carboxylic acids is 1. The van der Waals surface area contributed by atoms with Crippen molar-refractivity contribution in [2.45, 2.75) is 32.2 Å². The van der Waals surface area contributed by atoms with Crippen LogP contribution in [0.2, 0.25) is 0 Å². The second kappa shape index (κ2) is 7.28. The highest BCUT2D eigenvalue weighted by atomic mass is 16.2. The summed E-state index contributed by atoms with van der Waals surface area (Å²) in [5.41, 5.74) is 4.13. The minimum Gasteiger partial charge on any atom is -0.310 e. The zero-order valence-electron chi connectivity index (χ0n) is 15.8. The normalized spacial score (nSPS) is 17.1. The first-order valence-corrected chi connectivity index (χ1v) is 9.98. The van der Waals surface area contributed by atoms with Crippen molar-refractivity contribution in [2.75, 3.05) is 18.4 Å². The quantitative estimate of drug-likeness (QED) is 0.739. The molecule has 6 nitrogen and oxygen atoms in total. The van der Waals surface area contributed by atoms with Crippen LogP contribution >= 0.6 is 0 Å². The molecule has 3 aromatic heterocycles. The lowest BCUT2D eigenvalue weighted by Gasteiger charge is -2.14. The third-order valence-electron chi connectivity index (χ3n) is 5.50. The van der Waals surface area contributed by atoms with Crippen molar-refractivity contribution in [3.05, 3.63) is 48.5 Å². The van der Waals surface area contributed by atoms with E-state index in [1.807, 2.05) is 24.7 Å². The summed E-state index contributed by atoms with van der Waals surface area (Å²) in [5.74, 6) is 0.811. The molecule has 1 saturated carbocycles. The van der Waals surface area contributed by atoms with Gasteiger partial charge in [0.1, 0.15) is 5.82 Å². The third-order valence-corrected chi connectivity index (χ3v) is 5.50. The maximum absolute atomic E-state index is 12.0. The summed E-state index contributed by atoms with van der Waals surface area (Å²) in [6, 6.07) is 6.19. The number of hydrogen-bond donors (Lipinski definition) is 1. The molecular weight excluding hydrogens is 350 g/mol. The molecule has 1 aliphatic heterocycles. The number of pyridine rings is 3. The maximum atomic E-state index is 12.0. The number of amides is 1. The third kappa shape index (κ3) is 3.73. The van der Waals surface area contributed by atoms with Crippen molar-refractivity contribution in [1.82, 2.24) is 19.9 Å². The Labute approximate surface area is 164 Å². The molecule has 0 atom stereocenters. The Morgan fingerprint density at radius 2 is 1.82 bits per heavy atom. The fraction of sp³-hybridized carbons (Fsp3) is 0.364. The Bertz CT molecular complexity index is 1020. The highest BCUT2D eigenvalue weighted by molar-refractivity contribution is 5.95. The molecule has 1 N–H and O–H groups in total. The van der Waals surface area contributed by atoms with Crippen LogP contribution < -0.4 is 5.32 Å². The number of carbonyl (C=O) groups is 1. The van der Waals surface area contributed by atoms with Crippen LogP contribution in [0.5, 0.6) is 0 Å². The number of nitrogens with zero attached hydrogens (tertiary/aromatic N) is 4. The average molecular weight is 373 g/mol. The van der Waals surface area contributed by atoms with Gasteiger partial charge in [0.2, 0.25) is 5.91 Å². The Morgan fingerprint density at radius 3 is 2.64 bits per heavy atom. The van der Waals surface area contributed by atoms with E-state index in [0.29, 0.717) is 5.82 Å². The van der Waals surface area contributed by atoms with E-state index in [-0.39, 0.29) is 11.8 Å². The Morgan fingerprint density at radius 1 is 1.00 bits per heavy atom. The predicted octanol–water partition coefficient (Wildman–Crippen LogP) is 3.64. The minimum atomic E-state index is 0.0646. The number of aromatic nitrogens is 3. The van der Waals surface area contributed by atoms with Gasteiger partial charge >= 0.3 is 0 Å². The first-order valence-electron chi connectivity index (χ1n) is 9.98. The van der Waals surface area contributed by atoms with E-state index in [1.165, 1.54) is 31.5 Å². The summed E-state index contributed by atoms with van der Waals surface area (Å²) in [5, 5.41) is 3.87. The van der Waals surface area contributed by atoms with Crippen molar-refractivity contribution < 1.29 is 4.79 Å². The van der Waals surface area contributed by atoms with Crippen molar-refractivity contribution in [2.24, 2.45) is 5.92 Å². The Hall–Kier alpha value is -2.86. The summed E-state index contributed by atoms with van der Waals surface area (Å²) in [4.78, 5) is 27.8. The molecule has 5 rings (SSSR count). The summed E-state index contributed by atoms with van der Waals surface area (Å²) in [7, 11) is 0. The van der Waals surface area contributed by atoms with Crippen molar-refractivity contribution in [3.8, 4) is 11.1 Å². The van der Waals surface area contributed by atoms with Gasteiger partial charge in [0.25, 0.3) is 0 Å². The van der Waals surface area contributed by atoms with Crippen LogP contribution in [0.4, 0.5) is 5.82 Å². The van der Waals surface area contributed by atoms with Gasteiger partial charge in [0, 0.05) is 47.6 Å². The van der Waals surface area contributed by atoms with E-state index in [9.17, 15) is 4.79 Å².